The topological polar surface area (TPSA) is 9.23 Å². The third-order valence-electron chi connectivity index (χ3n) is 3.09. The van der Waals surface area contributed by atoms with E-state index in [1.165, 1.54) is 18.4 Å². The molecule has 0 fully saturated rings. The second-order valence-corrected chi connectivity index (χ2v) is 7.70. The molecule has 0 radical (unpaired) electrons. The summed E-state index contributed by atoms with van der Waals surface area (Å²) in [5, 5.41) is 0. The fourth-order valence-corrected chi connectivity index (χ4v) is 2.58. The van der Waals surface area contributed by atoms with Gasteiger partial charge in [-0.1, -0.05) is 52.6 Å². The van der Waals surface area contributed by atoms with Crippen LogP contribution in [-0.2, 0) is 6.42 Å². The van der Waals surface area contributed by atoms with Crippen molar-refractivity contribution in [2.75, 3.05) is 7.11 Å². The average molecular weight is 378 g/mol. The Morgan fingerprint density at radius 2 is 1.94 bits per heavy atom. The molecule has 1 atom stereocenters. The largest absolute Gasteiger partial charge is 0.496 e. The number of hydrogen-bond donors (Lipinski definition) is 0. The summed E-state index contributed by atoms with van der Waals surface area (Å²) in [6.45, 7) is 6.81. The van der Waals surface area contributed by atoms with Gasteiger partial charge in [-0.2, -0.15) is 0 Å². The zero-order valence-electron chi connectivity index (χ0n) is 11.6. The number of rotatable bonds is 5. The van der Waals surface area contributed by atoms with Crippen LogP contribution in [0.1, 0.15) is 39.2 Å². The number of alkyl halides is 1. The SMILES string of the molecule is COc1ccc(Br)cc1CCCC(Br)C(C)(C)C. The van der Waals surface area contributed by atoms with Crippen LogP contribution in [-0.4, -0.2) is 11.9 Å². The van der Waals surface area contributed by atoms with Gasteiger partial charge in [0.05, 0.1) is 7.11 Å². The zero-order valence-corrected chi connectivity index (χ0v) is 14.8. The van der Waals surface area contributed by atoms with Gasteiger partial charge in [-0.3, -0.25) is 0 Å². The van der Waals surface area contributed by atoms with Crippen LogP contribution in [0.25, 0.3) is 0 Å². The Labute approximate surface area is 128 Å². The number of benzene rings is 1. The van der Waals surface area contributed by atoms with Gasteiger partial charge >= 0.3 is 0 Å². The van der Waals surface area contributed by atoms with E-state index in [1.807, 2.05) is 12.1 Å². The van der Waals surface area contributed by atoms with E-state index in [4.69, 9.17) is 4.74 Å². The van der Waals surface area contributed by atoms with Gasteiger partial charge in [0, 0.05) is 9.30 Å². The van der Waals surface area contributed by atoms with Crippen molar-refractivity contribution in [3.63, 3.8) is 0 Å². The molecule has 102 valence electrons. The molecule has 3 heteroatoms. The second kappa shape index (κ2) is 6.95. The lowest BCUT2D eigenvalue weighted by molar-refractivity contribution is 0.378. The van der Waals surface area contributed by atoms with Crippen molar-refractivity contribution in [1.29, 1.82) is 0 Å². The molecule has 0 spiro atoms. The molecule has 1 rings (SSSR count). The van der Waals surface area contributed by atoms with Crippen molar-refractivity contribution >= 4 is 31.9 Å². The molecule has 0 aliphatic heterocycles. The zero-order chi connectivity index (χ0) is 13.8. The third kappa shape index (κ3) is 4.93. The highest BCUT2D eigenvalue weighted by Crippen LogP contribution is 2.31. The van der Waals surface area contributed by atoms with E-state index in [0.717, 1.165) is 16.6 Å². The molecule has 1 aromatic rings. The Morgan fingerprint density at radius 1 is 1.28 bits per heavy atom. The van der Waals surface area contributed by atoms with Crippen LogP contribution in [0.5, 0.6) is 5.75 Å². The first-order valence-corrected chi connectivity index (χ1v) is 8.02. The maximum Gasteiger partial charge on any atom is 0.122 e. The predicted octanol–water partition coefficient (Wildman–Crippen LogP) is 5.59. The Hall–Kier alpha value is -0.0200. The summed E-state index contributed by atoms with van der Waals surface area (Å²) in [5.74, 6) is 0.986. The van der Waals surface area contributed by atoms with Gasteiger partial charge in [-0.25, -0.2) is 0 Å². The lowest BCUT2D eigenvalue weighted by Gasteiger charge is -2.25. The van der Waals surface area contributed by atoms with Crippen molar-refractivity contribution in [2.24, 2.45) is 5.41 Å². The van der Waals surface area contributed by atoms with Crippen molar-refractivity contribution in [2.45, 2.75) is 44.9 Å². The number of aryl methyl sites for hydroxylation is 1. The molecule has 0 aliphatic rings. The van der Waals surface area contributed by atoms with Crippen LogP contribution in [0, 0.1) is 5.41 Å². The van der Waals surface area contributed by atoms with E-state index in [1.54, 1.807) is 7.11 Å². The molecular formula is C15H22Br2O. The highest BCUT2D eigenvalue weighted by atomic mass is 79.9. The first-order chi connectivity index (χ1) is 8.34. The summed E-state index contributed by atoms with van der Waals surface area (Å²) >= 11 is 7.29. The lowest BCUT2D eigenvalue weighted by atomic mass is 9.89. The molecule has 0 N–H and O–H groups in total. The second-order valence-electron chi connectivity index (χ2n) is 5.68. The van der Waals surface area contributed by atoms with Crippen LogP contribution in [0.3, 0.4) is 0 Å². The molecule has 0 heterocycles. The van der Waals surface area contributed by atoms with Crippen molar-refractivity contribution in [1.82, 2.24) is 0 Å². The molecule has 0 amide bonds. The maximum absolute atomic E-state index is 5.39. The first kappa shape index (κ1) is 16.0. The Bertz CT molecular complexity index is 383. The third-order valence-corrected chi connectivity index (χ3v) is 5.41. The summed E-state index contributed by atoms with van der Waals surface area (Å²) in [7, 11) is 1.73. The molecule has 0 bridgehead atoms. The van der Waals surface area contributed by atoms with Crippen molar-refractivity contribution < 1.29 is 4.74 Å². The quantitative estimate of drug-likeness (QED) is 0.607. The highest BCUT2D eigenvalue weighted by Gasteiger charge is 2.21. The van der Waals surface area contributed by atoms with Gasteiger partial charge < -0.3 is 4.74 Å². The van der Waals surface area contributed by atoms with E-state index in [9.17, 15) is 0 Å². The smallest absolute Gasteiger partial charge is 0.122 e. The molecule has 18 heavy (non-hydrogen) atoms. The minimum atomic E-state index is 0.321. The molecule has 0 aliphatic carbocycles. The normalized spacial score (nSPS) is 13.4. The van der Waals surface area contributed by atoms with Gasteiger partial charge in [-0.05, 0) is 48.4 Å². The minimum Gasteiger partial charge on any atom is -0.496 e. The van der Waals surface area contributed by atoms with E-state index in [0.29, 0.717) is 10.2 Å². The van der Waals surface area contributed by atoms with E-state index in [-0.39, 0.29) is 0 Å². The molecule has 0 aromatic heterocycles. The summed E-state index contributed by atoms with van der Waals surface area (Å²) < 4.78 is 6.51. The van der Waals surface area contributed by atoms with E-state index < -0.39 is 0 Å². The van der Waals surface area contributed by atoms with Gasteiger partial charge in [0.25, 0.3) is 0 Å². The van der Waals surface area contributed by atoms with Gasteiger partial charge in [0.2, 0.25) is 0 Å². The Kier molecular flexibility index (Phi) is 6.19. The molecular weight excluding hydrogens is 356 g/mol. The first-order valence-electron chi connectivity index (χ1n) is 6.31. The number of ether oxygens (including phenoxy) is 1. The Balaban J connectivity index is 2.56. The van der Waals surface area contributed by atoms with Crippen LogP contribution in [0.2, 0.25) is 0 Å². The highest BCUT2D eigenvalue weighted by molar-refractivity contribution is 9.10. The van der Waals surface area contributed by atoms with Crippen LogP contribution in [0.4, 0.5) is 0 Å². The van der Waals surface area contributed by atoms with Crippen molar-refractivity contribution in [3.8, 4) is 5.75 Å². The van der Waals surface area contributed by atoms with E-state index in [2.05, 4.69) is 58.7 Å². The van der Waals surface area contributed by atoms with Crippen LogP contribution < -0.4 is 4.74 Å². The molecule has 1 nitrogen and oxygen atoms in total. The summed E-state index contributed by atoms with van der Waals surface area (Å²) in [4.78, 5) is 0.558. The predicted molar refractivity (Wildman–Crippen MR) is 85.8 cm³/mol. The molecule has 0 saturated carbocycles. The van der Waals surface area contributed by atoms with Gasteiger partial charge in [-0.15, -0.1) is 0 Å². The minimum absolute atomic E-state index is 0.321. The number of hydrogen-bond acceptors (Lipinski definition) is 1. The number of methoxy groups -OCH3 is 1. The Morgan fingerprint density at radius 3 is 2.50 bits per heavy atom. The van der Waals surface area contributed by atoms with Crippen LogP contribution >= 0.6 is 31.9 Å². The molecule has 1 unspecified atom stereocenters. The molecule has 1 aromatic carbocycles. The monoisotopic (exact) mass is 376 g/mol. The van der Waals surface area contributed by atoms with E-state index >= 15 is 0 Å². The van der Waals surface area contributed by atoms with Crippen LogP contribution in [0.15, 0.2) is 22.7 Å². The van der Waals surface area contributed by atoms with Crippen molar-refractivity contribution in [3.05, 3.63) is 28.2 Å². The summed E-state index contributed by atoms with van der Waals surface area (Å²) in [5.41, 5.74) is 1.60. The lowest BCUT2D eigenvalue weighted by Crippen LogP contribution is -2.20. The summed E-state index contributed by atoms with van der Waals surface area (Å²) in [6.07, 6.45) is 3.40. The van der Waals surface area contributed by atoms with Gasteiger partial charge in [0.1, 0.15) is 5.75 Å². The maximum atomic E-state index is 5.39. The fourth-order valence-electron chi connectivity index (χ4n) is 1.85. The molecule has 0 saturated heterocycles. The summed E-state index contributed by atoms with van der Waals surface area (Å²) in [6, 6.07) is 6.19. The van der Waals surface area contributed by atoms with Gasteiger partial charge in [0.15, 0.2) is 0 Å². The standard InChI is InChI=1S/C15H22Br2O/c1-15(2,3)14(17)7-5-6-11-10-12(16)8-9-13(11)18-4/h8-10,14H,5-7H2,1-4H3. The number of halogens is 2. The fraction of sp³-hybridized carbons (Fsp3) is 0.600. The average Bonchev–Trinajstić information content (AvgIpc) is 2.28.